The lowest BCUT2D eigenvalue weighted by Crippen LogP contribution is -2.45. The second-order valence-corrected chi connectivity index (χ2v) is 5.57. The number of cyclic esters (lactones) is 1. The molecule has 7 nitrogen and oxygen atoms in total. The third kappa shape index (κ3) is 3.54. The van der Waals surface area contributed by atoms with E-state index < -0.39 is 6.09 Å². The number of aromatic nitrogens is 1. The van der Waals surface area contributed by atoms with E-state index in [9.17, 15) is 9.59 Å². The summed E-state index contributed by atoms with van der Waals surface area (Å²) in [5.74, 6) is 0.0611. The Balaban J connectivity index is 1.52. The van der Waals surface area contributed by atoms with Gasteiger partial charge in [-0.1, -0.05) is 0 Å². The number of pyridine rings is 1. The van der Waals surface area contributed by atoms with Crippen molar-refractivity contribution in [3.63, 3.8) is 0 Å². The predicted molar refractivity (Wildman–Crippen MR) is 77.1 cm³/mol. The lowest BCUT2D eigenvalue weighted by atomic mass is 9.95. The van der Waals surface area contributed by atoms with E-state index in [-0.39, 0.29) is 24.4 Å². The van der Waals surface area contributed by atoms with Crippen molar-refractivity contribution in [1.82, 2.24) is 15.2 Å². The predicted octanol–water partition coefficient (Wildman–Crippen LogP) is 0.208. The van der Waals surface area contributed by atoms with Gasteiger partial charge in [0.2, 0.25) is 5.91 Å². The highest BCUT2D eigenvalue weighted by Crippen LogP contribution is 2.19. The summed E-state index contributed by atoms with van der Waals surface area (Å²) in [5.41, 5.74) is 1.17. The van der Waals surface area contributed by atoms with Crippen LogP contribution in [0.1, 0.15) is 5.56 Å². The van der Waals surface area contributed by atoms with E-state index in [2.05, 4.69) is 10.3 Å². The molecule has 1 N–H and O–H groups in total. The summed E-state index contributed by atoms with van der Waals surface area (Å²) in [5, 5.41) is 2.97. The average molecular weight is 305 g/mol. The Morgan fingerprint density at radius 3 is 2.91 bits per heavy atom. The van der Waals surface area contributed by atoms with Gasteiger partial charge in [-0.25, -0.2) is 4.79 Å². The summed E-state index contributed by atoms with van der Waals surface area (Å²) in [6.45, 7) is 1.99. The van der Waals surface area contributed by atoms with Gasteiger partial charge >= 0.3 is 6.09 Å². The number of ether oxygens (including phenoxy) is 2. The fraction of sp³-hybridized carbons (Fsp3) is 0.533. The maximum absolute atomic E-state index is 12.1. The molecule has 0 unspecified atom stereocenters. The molecule has 0 radical (unpaired) electrons. The molecule has 2 atom stereocenters. The largest absolute Gasteiger partial charge is 0.448 e. The van der Waals surface area contributed by atoms with Gasteiger partial charge in [-0.2, -0.15) is 0 Å². The van der Waals surface area contributed by atoms with Crippen LogP contribution in [0.4, 0.5) is 4.79 Å². The highest BCUT2D eigenvalue weighted by Gasteiger charge is 2.31. The van der Waals surface area contributed by atoms with Crippen LogP contribution in [0.15, 0.2) is 24.5 Å². The number of carbonyl (C=O) groups is 2. The summed E-state index contributed by atoms with van der Waals surface area (Å²) in [7, 11) is 0. The first-order valence-corrected chi connectivity index (χ1v) is 7.40. The number of nitrogens with zero attached hydrogens (tertiary/aromatic N) is 2. The second kappa shape index (κ2) is 6.74. The molecule has 0 spiro atoms. The number of hydrogen-bond donors (Lipinski definition) is 1. The van der Waals surface area contributed by atoms with Crippen molar-refractivity contribution >= 4 is 12.0 Å². The molecule has 3 heterocycles. The summed E-state index contributed by atoms with van der Waals surface area (Å²) in [6.07, 6.45) is 3.93. The SMILES string of the molecule is O=C(CN1CCOC1=O)N[C@H]1COC[C@H]1Cc1ccncc1. The standard InChI is InChI=1S/C15H19N3O4/c19-14(8-18-5-6-22-15(18)20)17-13-10-21-9-12(13)7-11-1-3-16-4-2-11/h1-4,12-13H,5-10H2,(H,17,19)/t12-,13+/m1/s1. The van der Waals surface area contributed by atoms with Gasteiger partial charge in [-0.15, -0.1) is 0 Å². The van der Waals surface area contributed by atoms with E-state index in [1.165, 1.54) is 10.5 Å². The van der Waals surface area contributed by atoms with Crippen LogP contribution < -0.4 is 5.32 Å². The van der Waals surface area contributed by atoms with E-state index in [4.69, 9.17) is 9.47 Å². The summed E-state index contributed by atoms with van der Waals surface area (Å²) in [6, 6.07) is 3.91. The van der Waals surface area contributed by atoms with Crippen LogP contribution in [0.25, 0.3) is 0 Å². The van der Waals surface area contributed by atoms with Crippen molar-refractivity contribution in [2.75, 3.05) is 32.9 Å². The maximum atomic E-state index is 12.1. The quantitative estimate of drug-likeness (QED) is 0.841. The van der Waals surface area contributed by atoms with Crippen LogP contribution in [-0.2, 0) is 20.7 Å². The Morgan fingerprint density at radius 2 is 2.18 bits per heavy atom. The zero-order chi connectivity index (χ0) is 15.4. The highest BCUT2D eigenvalue weighted by atomic mass is 16.6. The Bertz CT molecular complexity index is 537. The summed E-state index contributed by atoms with van der Waals surface area (Å²) >= 11 is 0. The molecule has 22 heavy (non-hydrogen) atoms. The number of carbonyl (C=O) groups excluding carboxylic acids is 2. The smallest absolute Gasteiger partial charge is 0.410 e. The van der Waals surface area contributed by atoms with Gasteiger partial charge in [0.15, 0.2) is 0 Å². The minimum atomic E-state index is -0.425. The van der Waals surface area contributed by atoms with Crippen LogP contribution in [0.3, 0.4) is 0 Å². The van der Waals surface area contributed by atoms with Crippen LogP contribution >= 0.6 is 0 Å². The molecule has 118 valence electrons. The molecule has 2 fully saturated rings. The molecule has 2 aliphatic rings. The van der Waals surface area contributed by atoms with E-state index in [0.29, 0.717) is 26.4 Å². The van der Waals surface area contributed by atoms with Crippen molar-refractivity contribution in [1.29, 1.82) is 0 Å². The maximum Gasteiger partial charge on any atom is 0.410 e. The van der Waals surface area contributed by atoms with Crippen molar-refractivity contribution in [3.05, 3.63) is 30.1 Å². The first kappa shape index (κ1) is 14.8. The lowest BCUT2D eigenvalue weighted by Gasteiger charge is -2.20. The molecular formula is C15H19N3O4. The number of amides is 2. The molecular weight excluding hydrogens is 286 g/mol. The van der Waals surface area contributed by atoms with Gasteiger partial charge in [-0.05, 0) is 24.1 Å². The molecule has 0 aliphatic carbocycles. The third-order valence-electron chi connectivity index (χ3n) is 3.97. The monoisotopic (exact) mass is 305 g/mol. The van der Waals surface area contributed by atoms with Crippen molar-refractivity contribution in [2.24, 2.45) is 5.92 Å². The Hall–Kier alpha value is -2.15. The van der Waals surface area contributed by atoms with Gasteiger partial charge in [-0.3, -0.25) is 14.7 Å². The average Bonchev–Trinajstić information content (AvgIpc) is 3.10. The van der Waals surface area contributed by atoms with Crippen LogP contribution in [0.2, 0.25) is 0 Å². The minimum Gasteiger partial charge on any atom is -0.448 e. The van der Waals surface area contributed by atoms with Crippen LogP contribution in [0, 0.1) is 5.92 Å². The third-order valence-corrected chi connectivity index (χ3v) is 3.97. The van der Waals surface area contributed by atoms with Gasteiger partial charge < -0.3 is 14.8 Å². The number of nitrogens with one attached hydrogen (secondary N) is 1. The highest BCUT2D eigenvalue weighted by molar-refractivity contribution is 5.83. The topological polar surface area (TPSA) is 80.8 Å². The van der Waals surface area contributed by atoms with Crippen molar-refractivity contribution in [2.45, 2.75) is 12.5 Å². The molecule has 0 bridgehead atoms. The van der Waals surface area contributed by atoms with Crippen molar-refractivity contribution in [3.8, 4) is 0 Å². The zero-order valence-corrected chi connectivity index (χ0v) is 12.2. The van der Waals surface area contributed by atoms with Gasteiger partial charge in [0, 0.05) is 18.3 Å². The van der Waals surface area contributed by atoms with Crippen LogP contribution in [-0.4, -0.2) is 60.8 Å². The molecule has 3 rings (SSSR count). The van der Waals surface area contributed by atoms with E-state index >= 15 is 0 Å². The van der Waals surface area contributed by atoms with E-state index in [1.807, 2.05) is 12.1 Å². The van der Waals surface area contributed by atoms with E-state index in [0.717, 1.165) is 6.42 Å². The molecule has 7 heteroatoms. The Labute approximate surface area is 128 Å². The van der Waals surface area contributed by atoms with Crippen LogP contribution in [0.5, 0.6) is 0 Å². The molecule has 2 saturated heterocycles. The van der Waals surface area contributed by atoms with E-state index in [1.54, 1.807) is 12.4 Å². The number of hydrogen-bond acceptors (Lipinski definition) is 5. The minimum absolute atomic E-state index is 0.0284. The van der Waals surface area contributed by atoms with Crippen molar-refractivity contribution < 1.29 is 19.1 Å². The lowest BCUT2D eigenvalue weighted by molar-refractivity contribution is -0.122. The molecule has 2 amide bonds. The Morgan fingerprint density at radius 1 is 1.36 bits per heavy atom. The van der Waals surface area contributed by atoms with Gasteiger partial charge in [0.05, 0.1) is 25.8 Å². The fourth-order valence-electron chi connectivity index (χ4n) is 2.78. The van der Waals surface area contributed by atoms with Gasteiger partial charge in [0.1, 0.15) is 13.2 Å². The fourth-order valence-corrected chi connectivity index (χ4v) is 2.78. The number of rotatable bonds is 5. The van der Waals surface area contributed by atoms with Gasteiger partial charge in [0.25, 0.3) is 0 Å². The Kier molecular flexibility index (Phi) is 4.53. The molecule has 1 aromatic heterocycles. The summed E-state index contributed by atoms with van der Waals surface area (Å²) in [4.78, 5) is 28.8. The first-order chi connectivity index (χ1) is 10.7. The molecule has 0 aromatic carbocycles. The normalized spacial score (nSPS) is 24.4. The second-order valence-electron chi connectivity index (χ2n) is 5.57. The zero-order valence-electron chi connectivity index (χ0n) is 12.2. The molecule has 2 aliphatic heterocycles. The first-order valence-electron chi connectivity index (χ1n) is 7.40. The molecule has 0 saturated carbocycles. The summed E-state index contributed by atoms with van der Waals surface area (Å²) < 4.78 is 10.3. The molecule has 1 aromatic rings.